The van der Waals surface area contributed by atoms with Gasteiger partial charge in [-0.1, -0.05) is 17.3 Å². The van der Waals surface area contributed by atoms with E-state index in [0.29, 0.717) is 40.3 Å². The Morgan fingerprint density at radius 1 is 1.06 bits per heavy atom. The van der Waals surface area contributed by atoms with Crippen molar-refractivity contribution in [2.24, 2.45) is 0 Å². The number of ether oxygens (including phenoxy) is 4. The van der Waals surface area contributed by atoms with Crippen molar-refractivity contribution < 1.29 is 28.5 Å². The molecule has 0 aliphatic carbocycles. The summed E-state index contributed by atoms with van der Waals surface area (Å²) >= 11 is 0. The highest BCUT2D eigenvalue weighted by Gasteiger charge is 2.43. The zero-order valence-corrected chi connectivity index (χ0v) is 18.3. The third-order valence-electron chi connectivity index (χ3n) is 5.59. The average Bonchev–Trinajstić information content (AvgIpc) is 3.42. The summed E-state index contributed by atoms with van der Waals surface area (Å²) in [6.45, 7) is 0. The molecule has 0 radical (unpaired) electrons. The maximum atomic E-state index is 13.1. The van der Waals surface area contributed by atoms with Gasteiger partial charge in [0.05, 0.1) is 34.0 Å². The third kappa shape index (κ3) is 3.47. The predicted octanol–water partition coefficient (Wildman–Crippen LogP) is 2.17. The van der Waals surface area contributed by atoms with Crippen LogP contribution >= 0.6 is 0 Å². The normalized spacial score (nSPS) is 16.8. The molecule has 2 heterocycles. The SMILES string of the molecule is COC(=O)[C@@H]1CCC(=O)N1[C@H](c1cc(OC)c(OC)c(OC)c1)n1nnc2ccccc21. The summed E-state index contributed by atoms with van der Waals surface area (Å²) in [5.74, 6) is 0.560. The summed E-state index contributed by atoms with van der Waals surface area (Å²) in [6.07, 6.45) is -0.234. The first-order chi connectivity index (χ1) is 15.5. The van der Waals surface area contributed by atoms with Crippen LogP contribution in [0.4, 0.5) is 0 Å². The molecular weight excluding hydrogens is 416 g/mol. The van der Waals surface area contributed by atoms with Gasteiger partial charge in [0.2, 0.25) is 11.7 Å². The van der Waals surface area contributed by atoms with E-state index in [2.05, 4.69) is 10.3 Å². The van der Waals surface area contributed by atoms with Crippen LogP contribution in [-0.4, -0.2) is 66.3 Å². The lowest BCUT2D eigenvalue weighted by atomic mass is 10.1. The van der Waals surface area contributed by atoms with Gasteiger partial charge in [-0.2, -0.15) is 0 Å². The lowest BCUT2D eigenvalue weighted by molar-refractivity contribution is -0.151. The molecule has 4 rings (SSSR count). The molecule has 0 spiro atoms. The molecule has 0 saturated carbocycles. The van der Waals surface area contributed by atoms with Crippen LogP contribution in [0, 0.1) is 0 Å². The second-order valence-corrected chi connectivity index (χ2v) is 7.23. The molecule has 1 aromatic heterocycles. The number of rotatable bonds is 7. The summed E-state index contributed by atoms with van der Waals surface area (Å²) < 4.78 is 23.1. The smallest absolute Gasteiger partial charge is 0.328 e. The van der Waals surface area contributed by atoms with Crippen LogP contribution in [0.15, 0.2) is 36.4 Å². The van der Waals surface area contributed by atoms with Crippen LogP contribution < -0.4 is 14.2 Å². The fourth-order valence-electron chi connectivity index (χ4n) is 4.11. The van der Waals surface area contributed by atoms with E-state index < -0.39 is 18.2 Å². The van der Waals surface area contributed by atoms with Gasteiger partial charge in [-0.3, -0.25) is 4.79 Å². The Morgan fingerprint density at radius 3 is 2.38 bits per heavy atom. The van der Waals surface area contributed by atoms with E-state index in [1.54, 1.807) is 16.8 Å². The van der Waals surface area contributed by atoms with Crippen molar-refractivity contribution in [3.05, 3.63) is 42.0 Å². The zero-order chi connectivity index (χ0) is 22.8. The number of carbonyl (C=O) groups is 2. The first-order valence-corrected chi connectivity index (χ1v) is 10.0. The fraction of sp³-hybridized carbons (Fsp3) is 0.364. The molecule has 0 unspecified atom stereocenters. The van der Waals surface area contributed by atoms with Crippen LogP contribution in [0.1, 0.15) is 24.6 Å². The number of aromatic nitrogens is 3. The standard InChI is InChI=1S/C22H24N4O6/c1-29-17-11-13(12-18(30-2)20(17)31-3)21(25-16(22(28)32-4)9-10-19(25)27)26-15-8-6-5-7-14(15)23-24-26/h5-8,11-12,16,21H,9-10H2,1-4H3/t16-,21-/m0/s1. The Morgan fingerprint density at radius 2 is 1.75 bits per heavy atom. The number of fused-ring (bicyclic) bond motifs is 1. The van der Waals surface area contributed by atoms with Gasteiger partial charge in [-0.05, 0) is 30.7 Å². The van der Waals surface area contributed by atoms with Gasteiger partial charge in [0, 0.05) is 12.0 Å². The van der Waals surface area contributed by atoms with Crippen LogP contribution in [0.5, 0.6) is 17.2 Å². The Hall–Kier alpha value is -3.82. The number of hydrogen-bond acceptors (Lipinski definition) is 8. The van der Waals surface area contributed by atoms with Crippen LogP contribution in [0.3, 0.4) is 0 Å². The van der Waals surface area contributed by atoms with Gasteiger partial charge >= 0.3 is 5.97 Å². The monoisotopic (exact) mass is 440 g/mol. The van der Waals surface area contributed by atoms with Crippen LogP contribution in [0.25, 0.3) is 11.0 Å². The molecule has 1 aliphatic rings. The van der Waals surface area contributed by atoms with Gasteiger partial charge in [0.25, 0.3) is 0 Å². The fourth-order valence-corrected chi connectivity index (χ4v) is 4.11. The molecule has 1 amide bonds. The molecule has 10 heteroatoms. The number of likely N-dealkylation sites (tertiary alicyclic amines) is 1. The van der Waals surface area contributed by atoms with E-state index in [1.165, 1.54) is 33.3 Å². The molecule has 0 bridgehead atoms. The van der Waals surface area contributed by atoms with E-state index in [-0.39, 0.29) is 12.3 Å². The second-order valence-electron chi connectivity index (χ2n) is 7.23. The largest absolute Gasteiger partial charge is 0.493 e. The van der Waals surface area contributed by atoms with Gasteiger partial charge < -0.3 is 23.8 Å². The van der Waals surface area contributed by atoms with Crippen molar-refractivity contribution in [2.75, 3.05) is 28.4 Å². The van der Waals surface area contributed by atoms with Crippen molar-refractivity contribution in [1.29, 1.82) is 0 Å². The van der Waals surface area contributed by atoms with E-state index in [1.807, 2.05) is 24.3 Å². The number of methoxy groups -OCH3 is 4. The van der Waals surface area contributed by atoms with Crippen LogP contribution in [0.2, 0.25) is 0 Å². The lowest BCUT2D eigenvalue weighted by Crippen LogP contribution is -2.44. The van der Waals surface area contributed by atoms with E-state index >= 15 is 0 Å². The van der Waals surface area contributed by atoms with Gasteiger partial charge in [-0.25, -0.2) is 9.48 Å². The molecule has 2 aromatic carbocycles. The third-order valence-corrected chi connectivity index (χ3v) is 5.59. The molecule has 3 aromatic rings. The van der Waals surface area contributed by atoms with Crippen molar-refractivity contribution in [3.8, 4) is 17.2 Å². The number of benzene rings is 2. The molecule has 2 atom stereocenters. The van der Waals surface area contributed by atoms with Gasteiger partial charge in [0.1, 0.15) is 11.6 Å². The lowest BCUT2D eigenvalue weighted by Gasteiger charge is -2.33. The molecule has 1 fully saturated rings. The highest BCUT2D eigenvalue weighted by molar-refractivity contribution is 5.89. The van der Waals surface area contributed by atoms with E-state index in [4.69, 9.17) is 18.9 Å². The van der Waals surface area contributed by atoms with Crippen LogP contribution in [-0.2, 0) is 14.3 Å². The number of carbonyl (C=O) groups excluding carboxylic acids is 2. The average molecular weight is 440 g/mol. The van der Waals surface area contributed by atoms with E-state index in [9.17, 15) is 9.59 Å². The van der Waals surface area contributed by atoms with Crippen molar-refractivity contribution >= 4 is 22.9 Å². The first-order valence-electron chi connectivity index (χ1n) is 10.0. The summed E-state index contributed by atoms with van der Waals surface area (Å²) in [5.41, 5.74) is 1.97. The summed E-state index contributed by atoms with van der Waals surface area (Å²) in [5, 5.41) is 8.57. The van der Waals surface area contributed by atoms with Crippen molar-refractivity contribution in [1.82, 2.24) is 19.9 Å². The van der Waals surface area contributed by atoms with Crippen molar-refractivity contribution in [2.45, 2.75) is 25.0 Å². The number of esters is 1. The Kier molecular flexibility index (Phi) is 5.85. The molecule has 10 nitrogen and oxygen atoms in total. The van der Waals surface area contributed by atoms with Gasteiger partial charge in [0.15, 0.2) is 17.7 Å². The molecular formula is C22H24N4O6. The van der Waals surface area contributed by atoms with E-state index in [0.717, 1.165) is 0 Å². The quantitative estimate of drug-likeness (QED) is 0.515. The molecule has 1 aliphatic heterocycles. The zero-order valence-electron chi connectivity index (χ0n) is 18.3. The summed E-state index contributed by atoms with van der Waals surface area (Å²) in [6, 6.07) is 10.1. The minimum Gasteiger partial charge on any atom is -0.493 e. The first kappa shape index (κ1) is 21.4. The highest BCUT2D eigenvalue weighted by atomic mass is 16.5. The molecule has 32 heavy (non-hydrogen) atoms. The Bertz CT molecular complexity index is 1140. The van der Waals surface area contributed by atoms with Crippen molar-refractivity contribution in [3.63, 3.8) is 0 Å². The molecule has 0 N–H and O–H groups in total. The number of para-hydroxylation sites is 1. The second kappa shape index (κ2) is 8.74. The summed E-state index contributed by atoms with van der Waals surface area (Å²) in [4.78, 5) is 27.1. The Balaban J connectivity index is 1.97. The Labute approximate surface area is 184 Å². The maximum absolute atomic E-state index is 13.1. The number of amides is 1. The summed E-state index contributed by atoms with van der Waals surface area (Å²) in [7, 11) is 5.85. The maximum Gasteiger partial charge on any atom is 0.328 e. The highest BCUT2D eigenvalue weighted by Crippen LogP contribution is 2.42. The van der Waals surface area contributed by atoms with Gasteiger partial charge in [-0.15, -0.1) is 5.10 Å². The molecule has 168 valence electrons. The topological polar surface area (TPSA) is 105 Å². The number of nitrogens with zero attached hydrogens (tertiary/aromatic N) is 4. The number of hydrogen-bond donors (Lipinski definition) is 0. The molecule has 1 saturated heterocycles. The minimum atomic E-state index is -0.796. The minimum absolute atomic E-state index is 0.196. The predicted molar refractivity (Wildman–Crippen MR) is 114 cm³/mol.